The zero-order valence-electron chi connectivity index (χ0n) is 12.9. The summed E-state index contributed by atoms with van der Waals surface area (Å²) in [7, 11) is 0. The predicted octanol–water partition coefficient (Wildman–Crippen LogP) is 4.34. The lowest BCUT2D eigenvalue weighted by Gasteiger charge is -2.23. The molecule has 0 saturated heterocycles. The minimum Gasteiger partial charge on any atom is -0.349 e. The monoisotopic (exact) mass is 293 g/mol. The van der Waals surface area contributed by atoms with Crippen LogP contribution >= 0.6 is 0 Å². The van der Waals surface area contributed by atoms with Gasteiger partial charge in [-0.1, -0.05) is 67.8 Å². The molecule has 1 fully saturated rings. The number of nitrogens with one attached hydrogen (secondary N) is 1. The molecule has 0 atom stereocenters. The van der Waals surface area contributed by atoms with Crippen molar-refractivity contribution >= 4 is 5.91 Å². The molecule has 0 unspecified atom stereocenters. The molecule has 1 saturated carbocycles. The van der Waals surface area contributed by atoms with Crippen molar-refractivity contribution in [2.24, 2.45) is 0 Å². The van der Waals surface area contributed by atoms with Gasteiger partial charge in [0.25, 0.3) is 5.91 Å². The van der Waals surface area contributed by atoms with Crippen LogP contribution in [0.4, 0.5) is 0 Å². The van der Waals surface area contributed by atoms with Crippen molar-refractivity contribution < 1.29 is 4.79 Å². The molecule has 2 heteroatoms. The lowest BCUT2D eigenvalue weighted by molar-refractivity contribution is 0.0927. The highest BCUT2D eigenvalue weighted by Crippen LogP contribution is 2.19. The molecular formula is C20H23NO. The van der Waals surface area contributed by atoms with Gasteiger partial charge in [-0.3, -0.25) is 4.79 Å². The first kappa shape index (κ1) is 14.8. The summed E-state index contributed by atoms with van der Waals surface area (Å²) in [5.41, 5.74) is 3.15. The van der Waals surface area contributed by atoms with Crippen molar-refractivity contribution in [3.63, 3.8) is 0 Å². The van der Waals surface area contributed by atoms with E-state index in [2.05, 4.69) is 23.5 Å². The smallest absolute Gasteiger partial charge is 0.251 e. The van der Waals surface area contributed by atoms with Gasteiger partial charge < -0.3 is 5.32 Å². The first-order chi connectivity index (χ1) is 10.8. The maximum absolute atomic E-state index is 12.6. The molecule has 0 bridgehead atoms. The van der Waals surface area contributed by atoms with E-state index in [-0.39, 0.29) is 5.91 Å². The van der Waals surface area contributed by atoms with Crippen LogP contribution in [0.5, 0.6) is 0 Å². The maximum atomic E-state index is 12.6. The molecule has 2 nitrogen and oxygen atoms in total. The molecule has 0 aliphatic heterocycles. The van der Waals surface area contributed by atoms with E-state index < -0.39 is 0 Å². The molecule has 0 radical (unpaired) electrons. The van der Waals surface area contributed by atoms with Gasteiger partial charge in [0, 0.05) is 11.6 Å². The van der Waals surface area contributed by atoms with Gasteiger partial charge in [0.15, 0.2) is 0 Å². The lowest BCUT2D eigenvalue weighted by Crippen LogP contribution is -2.36. The van der Waals surface area contributed by atoms with Crippen LogP contribution in [-0.4, -0.2) is 11.9 Å². The lowest BCUT2D eigenvalue weighted by atomic mass is 9.94. The Bertz CT molecular complexity index is 615. The molecule has 2 aromatic rings. The van der Waals surface area contributed by atoms with Gasteiger partial charge >= 0.3 is 0 Å². The third kappa shape index (κ3) is 3.76. The van der Waals surface area contributed by atoms with Gasteiger partial charge in [-0.15, -0.1) is 0 Å². The molecule has 22 heavy (non-hydrogen) atoms. The van der Waals surface area contributed by atoms with Crippen LogP contribution in [0.15, 0.2) is 54.6 Å². The van der Waals surface area contributed by atoms with Gasteiger partial charge in [0.1, 0.15) is 0 Å². The third-order valence-electron chi connectivity index (χ3n) is 4.44. The van der Waals surface area contributed by atoms with Crippen LogP contribution in [-0.2, 0) is 6.42 Å². The Morgan fingerprint density at radius 2 is 1.59 bits per heavy atom. The van der Waals surface area contributed by atoms with Crippen molar-refractivity contribution in [2.75, 3.05) is 0 Å². The number of hydrogen-bond donors (Lipinski definition) is 1. The normalized spacial score (nSPS) is 15.5. The number of amides is 1. The largest absolute Gasteiger partial charge is 0.349 e. The Morgan fingerprint density at radius 3 is 2.36 bits per heavy atom. The number of rotatable bonds is 4. The second-order valence-corrected chi connectivity index (χ2v) is 6.13. The summed E-state index contributed by atoms with van der Waals surface area (Å²) in [6, 6.07) is 18.6. The first-order valence-corrected chi connectivity index (χ1v) is 8.25. The highest BCUT2D eigenvalue weighted by Gasteiger charge is 2.18. The molecule has 2 aromatic carbocycles. The fourth-order valence-electron chi connectivity index (χ4n) is 3.22. The average molecular weight is 293 g/mol. The van der Waals surface area contributed by atoms with E-state index in [9.17, 15) is 4.79 Å². The Labute approximate surface area is 132 Å². The molecule has 3 rings (SSSR count). The third-order valence-corrected chi connectivity index (χ3v) is 4.44. The summed E-state index contributed by atoms with van der Waals surface area (Å²) in [5, 5.41) is 3.22. The molecule has 1 amide bonds. The number of hydrogen-bond acceptors (Lipinski definition) is 1. The summed E-state index contributed by atoms with van der Waals surface area (Å²) in [4.78, 5) is 12.6. The van der Waals surface area contributed by atoms with Crippen LogP contribution in [0.25, 0.3) is 0 Å². The Morgan fingerprint density at radius 1 is 0.909 bits per heavy atom. The van der Waals surface area contributed by atoms with Crippen molar-refractivity contribution in [2.45, 2.75) is 44.6 Å². The van der Waals surface area contributed by atoms with Crippen molar-refractivity contribution in [3.8, 4) is 0 Å². The SMILES string of the molecule is O=C(NC1CCCCC1)c1ccccc1Cc1ccccc1. The highest BCUT2D eigenvalue weighted by atomic mass is 16.1. The predicted molar refractivity (Wildman–Crippen MR) is 90.0 cm³/mol. The highest BCUT2D eigenvalue weighted by molar-refractivity contribution is 5.96. The van der Waals surface area contributed by atoms with Gasteiger partial charge in [0.05, 0.1) is 0 Å². The van der Waals surface area contributed by atoms with Gasteiger partial charge in [-0.2, -0.15) is 0 Å². The zero-order valence-corrected chi connectivity index (χ0v) is 12.9. The van der Waals surface area contributed by atoms with Crippen LogP contribution in [0.1, 0.15) is 53.6 Å². The van der Waals surface area contributed by atoms with Crippen molar-refractivity contribution in [3.05, 3.63) is 71.3 Å². The van der Waals surface area contributed by atoms with Crippen LogP contribution in [0.2, 0.25) is 0 Å². The summed E-state index contributed by atoms with van der Waals surface area (Å²) in [5.74, 6) is 0.0819. The summed E-state index contributed by atoms with van der Waals surface area (Å²) in [6.07, 6.45) is 6.80. The van der Waals surface area contributed by atoms with Gasteiger partial charge in [0.2, 0.25) is 0 Å². The summed E-state index contributed by atoms with van der Waals surface area (Å²) in [6.45, 7) is 0. The Hall–Kier alpha value is -2.09. The molecule has 1 N–H and O–H groups in total. The molecule has 0 spiro atoms. The second-order valence-electron chi connectivity index (χ2n) is 6.13. The van der Waals surface area contributed by atoms with E-state index in [0.717, 1.165) is 30.4 Å². The molecular weight excluding hydrogens is 270 g/mol. The van der Waals surface area contributed by atoms with E-state index in [1.807, 2.05) is 36.4 Å². The van der Waals surface area contributed by atoms with Gasteiger partial charge in [-0.25, -0.2) is 0 Å². The van der Waals surface area contributed by atoms with Crippen LogP contribution in [0.3, 0.4) is 0 Å². The van der Waals surface area contributed by atoms with Crippen LogP contribution in [0, 0.1) is 0 Å². The topological polar surface area (TPSA) is 29.1 Å². The molecule has 1 aliphatic carbocycles. The van der Waals surface area contributed by atoms with E-state index in [1.165, 1.54) is 24.8 Å². The zero-order chi connectivity index (χ0) is 15.2. The second kappa shape index (κ2) is 7.26. The minimum atomic E-state index is 0.0819. The molecule has 1 aliphatic rings. The van der Waals surface area contributed by atoms with E-state index in [0.29, 0.717) is 6.04 Å². The Kier molecular flexibility index (Phi) is 4.89. The maximum Gasteiger partial charge on any atom is 0.251 e. The summed E-state index contributed by atoms with van der Waals surface area (Å²) >= 11 is 0. The van der Waals surface area contributed by atoms with Gasteiger partial charge in [-0.05, 0) is 36.5 Å². The number of carbonyl (C=O) groups excluding carboxylic acids is 1. The van der Waals surface area contributed by atoms with Crippen molar-refractivity contribution in [1.82, 2.24) is 5.32 Å². The van der Waals surface area contributed by atoms with Crippen LogP contribution < -0.4 is 5.32 Å². The molecule has 0 aromatic heterocycles. The van der Waals surface area contributed by atoms with E-state index in [4.69, 9.17) is 0 Å². The molecule has 0 heterocycles. The Balaban J connectivity index is 1.74. The van der Waals surface area contributed by atoms with E-state index in [1.54, 1.807) is 0 Å². The number of benzene rings is 2. The summed E-state index contributed by atoms with van der Waals surface area (Å²) < 4.78 is 0. The van der Waals surface area contributed by atoms with E-state index >= 15 is 0 Å². The standard InChI is InChI=1S/C20H23NO/c22-20(21-18-12-5-2-6-13-18)19-14-8-7-11-17(19)15-16-9-3-1-4-10-16/h1,3-4,7-11,14,18H,2,5-6,12-13,15H2,(H,21,22). The van der Waals surface area contributed by atoms with Crippen molar-refractivity contribution in [1.29, 1.82) is 0 Å². The minimum absolute atomic E-state index is 0.0819. The first-order valence-electron chi connectivity index (χ1n) is 8.25. The quantitative estimate of drug-likeness (QED) is 0.892. The average Bonchev–Trinajstić information content (AvgIpc) is 2.57. The fourth-order valence-corrected chi connectivity index (χ4v) is 3.22. The molecule has 114 valence electrons. The number of carbonyl (C=O) groups is 1. The fraction of sp³-hybridized carbons (Fsp3) is 0.350.